The molecule has 0 radical (unpaired) electrons. The van der Waals surface area contributed by atoms with E-state index in [1.165, 1.54) is 0 Å². The van der Waals surface area contributed by atoms with Gasteiger partial charge < -0.3 is 21.3 Å². The minimum absolute atomic E-state index is 0.00728. The van der Waals surface area contributed by atoms with Crippen LogP contribution in [0, 0.1) is 5.92 Å². The summed E-state index contributed by atoms with van der Waals surface area (Å²) in [6, 6.07) is 13.8. The molecular weight excluding hydrogens is 346 g/mol. The first-order valence-electron chi connectivity index (χ1n) is 8.58. The number of nitrogens with two attached hydrogens (primary N) is 2. The molecule has 0 spiro atoms. The number of hydrogen-bond acceptors (Lipinski definition) is 4. The van der Waals surface area contributed by atoms with E-state index in [4.69, 9.17) is 21.3 Å². The first-order chi connectivity index (χ1) is 12.9. The Bertz CT molecular complexity index is 810. The number of nitrogens with zero attached hydrogens (tertiary/aromatic N) is 1. The average Bonchev–Trinajstić information content (AvgIpc) is 2.61. The van der Waals surface area contributed by atoms with E-state index in [2.05, 4.69) is 4.99 Å². The van der Waals surface area contributed by atoms with Crippen LogP contribution < -0.4 is 16.2 Å². The van der Waals surface area contributed by atoms with Crippen LogP contribution in [0.1, 0.15) is 24.5 Å². The summed E-state index contributed by atoms with van der Waals surface area (Å²) < 4.78 is 5.43. The molecule has 0 aliphatic heterocycles. The average molecular weight is 369 g/mol. The van der Waals surface area contributed by atoms with Crippen LogP contribution in [0.2, 0.25) is 0 Å². The smallest absolute Gasteiger partial charge is 0.314 e. The topological polar surface area (TPSA) is 128 Å². The second kappa shape index (κ2) is 9.38. The SMILES string of the molecule is CCC(Cc1ccc(N=C(N)N)cc1)C(=O)Oc1ccc(CC(=O)O)cc1. The second-order valence-corrected chi connectivity index (χ2v) is 6.15. The van der Waals surface area contributed by atoms with Gasteiger partial charge in [0.05, 0.1) is 18.0 Å². The fourth-order valence-corrected chi connectivity index (χ4v) is 2.58. The Kier molecular flexibility index (Phi) is 6.93. The summed E-state index contributed by atoms with van der Waals surface area (Å²) in [7, 11) is 0. The van der Waals surface area contributed by atoms with Crippen molar-refractivity contribution in [2.24, 2.45) is 22.4 Å². The molecule has 1 atom stereocenters. The zero-order valence-electron chi connectivity index (χ0n) is 15.1. The van der Waals surface area contributed by atoms with E-state index in [1.807, 2.05) is 19.1 Å². The van der Waals surface area contributed by atoms with Crippen molar-refractivity contribution in [1.82, 2.24) is 0 Å². The number of carboxylic acids is 1. The summed E-state index contributed by atoms with van der Waals surface area (Å²) in [6.45, 7) is 1.93. The van der Waals surface area contributed by atoms with Crippen LogP contribution in [0.25, 0.3) is 0 Å². The Labute approximate surface area is 157 Å². The normalized spacial score (nSPS) is 11.4. The number of rotatable bonds is 8. The number of esters is 1. The standard InChI is InChI=1S/C20H23N3O4/c1-2-15(11-13-3-7-16(8-4-13)23-20(21)22)19(26)27-17-9-5-14(6-10-17)12-18(24)25/h3-10,15H,2,11-12H2,1H3,(H,24,25)(H4,21,22,23). The first kappa shape index (κ1) is 20.0. The Balaban J connectivity index is 1.98. The summed E-state index contributed by atoms with van der Waals surface area (Å²) >= 11 is 0. The predicted octanol–water partition coefficient (Wildman–Crippen LogP) is 2.39. The molecule has 0 aromatic heterocycles. The van der Waals surface area contributed by atoms with E-state index < -0.39 is 5.97 Å². The van der Waals surface area contributed by atoms with E-state index in [1.54, 1.807) is 36.4 Å². The quantitative estimate of drug-likeness (QED) is 0.284. The lowest BCUT2D eigenvalue weighted by atomic mass is 9.97. The van der Waals surface area contributed by atoms with Gasteiger partial charge in [-0.3, -0.25) is 9.59 Å². The van der Waals surface area contributed by atoms with Gasteiger partial charge in [0.15, 0.2) is 5.96 Å². The highest BCUT2D eigenvalue weighted by atomic mass is 16.5. The van der Waals surface area contributed by atoms with Crippen LogP contribution in [0.5, 0.6) is 5.75 Å². The van der Waals surface area contributed by atoms with Crippen LogP contribution in [-0.2, 0) is 22.4 Å². The lowest BCUT2D eigenvalue weighted by Crippen LogP contribution is -2.22. The number of carboxylic acid groups (broad SMARTS) is 1. The van der Waals surface area contributed by atoms with Crippen molar-refractivity contribution in [2.45, 2.75) is 26.2 Å². The molecule has 5 N–H and O–H groups in total. The van der Waals surface area contributed by atoms with Crippen molar-refractivity contribution < 1.29 is 19.4 Å². The fraction of sp³-hybridized carbons (Fsp3) is 0.250. The van der Waals surface area contributed by atoms with E-state index in [0.717, 1.165) is 5.56 Å². The largest absolute Gasteiger partial charge is 0.481 e. The summed E-state index contributed by atoms with van der Waals surface area (Å²) in [6.07, 6.45) is 1.10. The first-order valence-corrected chi connectivity index (χ1v) is 8.58. The van der Waals surface area contributed by atoms with Crippen LogP contribution in [0.4, 0.5) is 5.69 Å². The maximum atomic E-state index is 12.5. The van der Waals surface area contributed by atoms with Crippen molar-refractivity contribution in [3.8, 4) is 5.75 Å². The van der Waals surface area contributed by atoms with Gasteiger partial charge in [-0.25, -0.2) is 4.99 Å². The van der Waals surface area contributed by atoms with Gasteiger partial charge in [-0.2, -0.15) is 0 Å². The molecule has 27 heavy (non-hydrogen) atoms. The zero-order chi connectivity index (χ0) is 19.8. The number of ether oxygens (including phenoxy) is 1. The third-order valence-corrected chi connectivity index (χ3v) is 4.00. The van der Waals surface area contributed by atoms with Crippen LogP contribution in [0.3, 0.4) is 0 Å². The molecule has 1 unspecified atom stereocenters. The molecule has 2 aromatic carbocycles. The third-order valence-electron chi connectivity index (χ3n) is 4.00. The molecule has 0 saturated carbocycles. The molecule has 2 aromatic rings. The molecule has 142 valence electrons. The van der Waals surface area contributed by atoms with Gasteiger partial charge in [-0.1, -0.05) is 31.2 Å². The monoisotopic (exact) mass is 369 g/mol. The number of hydrogen-bond donors (Lipinski definition) is 3. The highest BCUT2D eigenvalue weighted by Crippen LogP contribution is 2.20. The minimum Gasteiger partial charge on any atom is -0.481 e. The molecule has 0 heterocycles. The number of aliphatic imine (C=N–C) groups is 1. The Morgan fingerprint density at radius 2 is 1.63 bits per heavy atom. The van der Waals surface area contributed by atoms with Gasteiger partial charge >= 0.3 is 11.9 Å². The molecule has 0 amide bonds. The summed E-state index contributed by atoms with van der Waals surface area (Å²) in [5.74, 6) is -1.13. The van der Waals surface area contributed by atoms with E-state index in [-0.39, 0.29) is 24.3 Å². The van der Waals surface area contributed by atoms with E-state index in [9.17, 15) is 9.59 Å². The third kappa shape index (κ3) is 6.47. The maximum absolute atomic E-state index is 12.5. The van der Waals surface area contributed by atoms with E-state index >= 15 is 0 Å². The Morgan fingerprint density at radius 3 is 2.15 bits per heavy atom. The molecule has 0 bridgehead atoms. The molecule has 0 aliphatic carbocycles. The fourth-order valence-electron chi connectivity index (χ4n) is 2.58. The second-order valence-electron chi connectivity index (χ2n) is 6.15. The van der Waals surface area contributed by atoms with Crippen LogP contribution >= 0.6 is 0 Å². The molecule has 0 fully saturated rings. The lowest BCUT2D eigenvalue weighted by molar-refractivity contribution is -0.139. The molecule has 7 heteroatoms. The van der Waals surface area contributed by atoms with Crippen LogP contribution in [-0.4, -0.2) is 23.0 Å². The molecular formula is C20H23N3O4. The van der Waals surface area contributed by atoms with Gasteiger partial charge in [-0.05, 0) is 48.2 Å². The molecule has 0 saturated heterocycles. The van der Waals surface area contributed by atoms with Gasteiger partial charge in [0, 0.05) is 0 Å². The maximum Gasteiger partial charge on any atom is 0.314 e. The Hall–Kier alpha value is -3.35. The summed E-state index contributed by atoms with van der Waals surface area (Å²) in [5.41, 5.74) is 13.0. The van der Waals surface area contributed by atoms with Gasteiger partial charge in [0.25, 0.3) is 0 Å². The molecule has 0 aliphatic rings. The van der Waals surface area contributed by atoms with Crippen molar-refractivity contribution >= 4 is 23.6 Å². The van der Waals surface area contributed by atoms with Gasteiger partial charge in [0.2, 0.25) is 0 Å². The van der Waals surface area contributed by atoms with E-state index in [0.29, 0.717) is 29.8 Å². The highest BCUT2D eigenvalue weighted by Gasteiger charge is 2.19. The van der Waals surface area contributed by atoms with Crippen molar-refractivity contribution in [2.75, 3.05) is 0 Å². The van der Waals surface area contributed by atoms with Crippen LogP contribution in [0.15, 0.2) is 53.5 Å². The zero-order valence-corrected chi connectivity index (χ0v) is 15.1. The minimum atomic E-state index is -0.906. The van der Waals surface area contributed by atoms with Gasteiger partial charge in [-0.15, -0.1) is 0 Å². The summed E-state index contributed by atoms with van der Waals surface area (Å²) in [4.78, 5) is 27.1. The summed E-state index contributed by atoms with van der Waals surface area (Å²) in [5, 5.41) is 8.78. The molecule has 2 rings (SSSR count). The highest BCUT2D eigenvalue weighted by molar-refractivity contribution is 5.79. The lowest BCUT2D eigenvalue weighted by Gasteiger charge is -2.14. The number of carbonyl (C=O) groups excluding carboxylic acids is 1. The van der Waals surface area contributed by atoms with Crippen molar-refractivity contribution in [3.63, 3.8) is 0 Å². The Morgan fingerprint density at radius 1 is 1.04 bits per heavy atom. The number of guanidine groups is 1. The van der Waals surface area contributed by atoms with Crippen molar-refractivity contribution in [3.05, 3.63) is 59.7 Å². The molecule has 7 nitrogen and oxygen atoms in total. The van der Waals surface area contributed by atoms with Gasteiger partial charge in [0.1, 0.15) is 5.75 Å². The number of carbonyl (C=O) groups is 2. The van der Waals surface area contributed by atoms with Crippen molar-refractivity contribution in [1.29, 1.82) is 0 Å². The number of aliphatic carboxylic acids is 1. The number of benzene rings is 2. The predicted molar refractivity (Wildman–Crippen MR) is 103 cm³/mol.